The first-order chi connectivity index (χ1) is 35.1. The molecule has 12 unspecified atom stereocenters. The summed E-state index contributed by atoms with van der Waals surface area (Å²) in [4.78, 5) is 13.1. The maximum Gasteiger partial charge on any atom is 0.220 e. The van der Waals surface area contributed by atoms with Crippen molar-refractivity contribution in [1.29, 1.82) is 0 Å². The standard InChI is InChI=1S/C58H95NO13/c1-3-5-7-9-11-12-13-14-15-16-17-18-19-20-21-22-23-24-25-26-27-28-29-30-31-32-33-34-36-38-40-42-50(63)59-46(47(62)41-39-37-35-10-8-6-4-2)45-69-57-55(68)53(66)56(49(44-61)71-57)72-58-54(67)52(65)51(64)48(43-60)70-58/h5,7,11-12,14-15,17-18,20-21,23-24,26-27,29-30,39,41,46-49,51-58,60-62,64-68H,3-4,6,8-10,13,16,19,22,25,28,31-38,40,42-45H2,1-2H3,(H,59,63)/b7-5-,12-11-,15-14-,18-17-,21-20-,24-23-,27-26-,30-29-,41-39+. The zero-order valence-corrected chi connectivity index (χ0v) is 43.6. The quantitative estimate of drug-likeness (QED) is 0.0209. The van der Waals surface area contributed by atoms with Gasteiger partial charge in [0.2, 0.25) is 5.91 Å². The first-order valence-electron chi connectivity index (χ1n) is 27.1. The highest BCUT2D eigenvalue weighted by molar-refractivity contribution is 5.76. The molecule has 0 spiro atoms. The maximum atomic E-state index is 13.1. The molecule has 2 saturated heterocycles. The Morgan fingerprint density at radius 1 is 0.514 bits per heavy atom. The van der Waals surface area contributed by atoms with Crippen molar-refractivity contribution in [2.24, 2.45) is 0 Å². The minimum atomic E-state index is -1.79. The largest absolute Gasteiger partial charge is 0.394 e. The third-order valence-electron chi connectivity index (χ3n) is 12.5. The molecule has 0 aromatic rings. The van der Waals surface area contributed by atoms with Crippen molar-refractivity contribution in [3.05, 3.63) is 109 Å². The van der Waals surface area contributed by atoms with Crippen LogP contribution in [0.5, 0.6) is 0 Å². The topological polar surface area (TPSA) is 228 Å². The number of aliphatic hydroxyl groups is 8. The monoisotopic (exact) mass is 1010 g/mol. The molecule has 12 atom stereocenters. The number of allylic oxidation sites excluding steroid dienone is 17. The van der Waals surface area contributed by atoms with Crippen LogP contribution >= 0.6 is 0 Å². The molecule has 0 aliphatic carbocycles. The second-order valence-electron chi connectivity index (χ2n) is 18.6. The fourth-order valence-corrected chi connectivity index (χ4v) is 8.07. The minimum Gasteiger partial charge on any atom is -0.394 e. The molecule has 0 saturated carbocycles. The normalized spacial score (nSPS) is 26.5. The van der Waals surface area contributed by atoms with E-state index in [9.17, 15) is 45.6 Å². The van der Waals surface area contributed by atoms with Gasteiger partial charge in [-0.1, -0.05) is 175 Å². The summed E-state index contributed by atoms with van der Waals surface area (Å²) >= 11 is 0. The predicted octanol–water partition coefficient (Wildman–Crippen LogP) is 8.10. The van der Waals surface area contributed by atoms with E-state index in [0.29, 0.717) is 6.42 Å². The lowest BCUT2D eigenvalue weighted by Gasteiger charge is -2.46. The number of hydrogen-bond donors (Lipinski definition) is 9. The Bertz CT molecular complexity index is 1620. The van der Waals surface area contributed by atoms with Crippen LogP contribution in [0.1, 0.15) is 155 Å². The molecule has 2 heterocycles. The smallest absolute Gasteiger partial charge is 0.220 e. The Morgan fingerprint density at radius 2 is 0.958 bits per heavy atom. The summed E-state index contributed by atoms with van der Waals surface area (Å²) in [5.41, 5.74) is 0. The molecular weight excluding hydrogens is 919 g/mol. The summed E-state index contributed by atoms with van der Waals surface area (Å²) in [6.07, 6.45) is 43.1. The summed E-state index contributed by atoms with van der Waals surface area (Å²) in [5, 5.41) is 86.5. The van der Waals surface area contributed by atoms with Crippen LogP contribution in [0, 0.1) is 0 Å². The Kier molecular flexibility index (Phi) is 38.6. The SMILES string of the molecule is CC/C=C\C/C=C\C/C=C\C/C=C\C/C=C\C/C=C\C/C=C\C/C=C\CCCCCCCCC(=O)NC(COC1OC(CO)C(OC2OC(CO)C(O)C(O)C2O)C(O)C1O)C(O)/C=C/CCCCCCC. The zero-order chi connectivity index (χ0) is 52.4. The Hall–Kier alpha value is -3.35. The molecule has 410 valence electrons. The molecule has 2 aliphatic heterocycles. The third-order valence-corrected chi connectivity index (χ3v) is 12.5. The van der Waals surface area contributed by atoms with Crippen LogP contribution in [0.15, 0.2) is 109 Å². The highest BCUT2D eigenvalue weighted by Gasteiger charge is 2.51. The fraction of sp³-hybridized carbons (Fsp3) is 0.672. The van der Waals surface area contributed by atoms with E-state index in [0.717, 1.165) is 122 Å². The third kappa shape index (κ3) is 28.9. The van der Waals surface area contributed by atoms with Crippen LogP contribution < -0.4 is 5.32 Å². The Morgan fingerprint density at radius 3 is 1.47 bits per heavy atom. The molecule has 14 heteroatoms. The average Bonchev–Trinajstić information content (AvgIpc) is 3.38. The second kappa shape index (κ2) is 42.9. The lowest BCUT2D eigenvalue weighted by atomic mass is 9.97. The molecular formula is C58H95NO13. The van der Waals surface area contributed by atoms with Crippen molar-refractivity contribution in [2.45, 2.75) is 229 Å². The minimum absolute atomic E-state index is 0.255. The van der Waals surface area contributed by atoms with E-state index >= 15 is 0 Å². The van der Waals surface area contributed by atoms with Gasteiger partial charge in [-0.2, -0.15) is 0 Å². The molecule has 1 amide bonds. The Balaban J connectivity index is 1.67. The van der Waals surface area contributed by atoms with Gasteiger partial charge in [-0.3, -0.25) is 4.79 Å². The molecule has 0 radical (unpaired) electrons. The number of nitrogens with one attached hydrogen (secondary N) is 1. The molecule has 2 rings (SSSR count). The van der Waals surface area contributed by atoms with Gasteiger partial charge >= 0.3 is 0 Å². The van der Waals surface area contributed by atoms with Crippen molar-refractivity contribution in [2.75, 3.05) is 19.8 Å². The molecule has 2 aliphatic rings. The number of unbranched alkanes of at least 4 members (excludes halogenated alkanes) is 11. The van der Waals surface area contributed by atoms with Crippen LogP contribution in [0.25, 0.3) is 0 Å². The second-order valence-corrected chi connectivity index (χ2v) is 18.6. The van der Waals surface area contributed by atoms with Gasteiger partial charge in [0.25, 0.3) is 0 Å². The van der Waals surface area contributed by atoms with Crippen LogP contribution in [0.2, 0.25) is 0 Å². The first-order valence-corrected chi connectivity index (χ1v) is 27.1. The summed E-state index contributed by atoms with van der Waals surface area (Å²) in [6.45, 7) is 2.56. The van der Waals surface area contributed by atoms with Gasteiger partial charge in [0.05, 0.1) is 32.0 Å². The van der Waals surface area contributed by atoms with E-state index < -0.39 is 86.8 Å². The number of amides is 1. The van der Waals surface area contributed by atoms with E-state index in [1.54, 1.807) is 6.08 Å². The highest BCUT2D eigenvalue weighted by atomic mass is 16.7. The highest BCUT2D eigenvalue weighted by Crippen LogP contribution is 2.30. The average molecular weight is 1010 g/mol. The number of carbonyl (C=O) groups is 1. The maximum absolute atomic E-state index is 13.1. The van der Waals surface area contributed by atoms with Crippen LogP contribution in [-0.2, 0) is 23.7 Å². The number of hydrogen-bond acceptors (Lipinski definition) is 13. The van der Waals surface area contributed by atoms with Gasteiger partial charge < -0.3 is 65.1 Å². The van der Waals surface area contributed by atoms with E-state index in [1.807, 2.05) is 6.08 Å². The van der Waals surface area contributed by atoms with E-state index in [1.165, 1.54) is 6.42 Å². The Labute approximate surface area is 432 Å². The predicted molar refractivity (Wildman–Crippen MR) is 285 cm³/mol. The van der Waals surface area contributed by atoms with E-state index in [2.05, 4.69) is 116 Å². The van der Waals surface area contributed by atoms with Crippen LogP contribution in [0.4, 0.5) is 0 Å². The number of carbonyl (C=O) groups excluding carboxylic acids is 1. The molecule has 2 fully saturated rings. The number of ether oxygens (including phenoxy) is 4. The van der Waals surface area contributed by atoms with Crippen molar-refractivity contribution < 1.29 is 64.6 Å². The summed E-state index contributed by atoms with van der Waals surface area (Å²) in [7, 11) is 0. The van der Waals surface area contributed by atoms with Gasteiger partial charge in [0.1, 0.15) is 48.8 Å². The molecule has 0 aromatic carbocycles. The lowest BCUT2D eigenvalue weighted by Crippen LogP contribution is -2.65. The van der Waals surface area contributed by atoms with Crippen LogP contribution in [0.3, 0.4) is 0 Å². The molecule has 0 bridgehead atoms. The van der Waals surface area contributed by atoms with E-state index in [4.69, 9.17) is 18.9 Å². The summed E-state index contributed by atoms with van der Waals surface area (Å²) in [5.74, 6) is -0.265. The molecule has 0 aromatic heterocycles. The van der Waals surface area contributed by atoms with Gasteiger partial charge in [-0.15, -0.1) is 0 Å². The zero-order valence-electron chi connectivity index (χ0n) is 43.6. The van der Waals surface area contributed by atoms with Crippen molar-refractivity contribution >= 4 is 5.91 Å². The first kappa shape index (κ1) is 64.8. The number of aliphatic hydroxyl groups excluding tert-OH is 8. The van der Waals surface area contributed by atoms with Gasteiger partial charge in [0.15, 0.2) is 12.6 Å². The fourth-order valence-electron chi connectivity index (χ4n) is 8.07. The molecule has 9 N–H and O–H groups in total. The van der Waals surface area contributed by atoms with Gasteiger partial charge in [-0.25, -0.2) is 0 Å². The van der Waals surface area contributed by atoms with Crippen molar-refractivity contribution in [3.8, 4) is 0 Å². The molecule has 14 nitrogen and oxygen atoms in total. The summed E-state index contributed by atoms with van der Waals surface area (Å²) < 4.78 is 22.6. The lowest BCUT2D eigenvalue weighted by molar-refractivity contribution is -0.359. The van der Waals surface area contributed by atoms with Crippen LogP contribution in [-0.4, -0.2) is 140 Å². The van der Waals surface area contributed by atoms with Gasteiger partial charge in [-0.05, 0) is 83.5 Å². The molecule has 72 heavy (non-hydrogen) atoms. The van der Waals surface area contributed by atoms with Crippen molar-refractivity contribution in [1.82, 2.24) is 5.32 Å². The number of rotatable bonds is 40. The summed E-state index contributed by atoms with van der Waals surface area (Å²) in [6, 6.07) is -0.927. The van der Waals surface area contributed by atoms with E-state index in [-0.39, 0.29) is 18.9 Å². The van der Waals surface area contributed by atoms with Gasteiger partial charge in [0, 0.05) is 6.42 Å². The van der Waals surface area contributed by atoms with Crippen molar-refractivity contribution in [3.63, 3.8) is 0 Å².